The molecule has 0 aliphatic heterocycles. The Hall–Kier alpha value is -1.46. The van der Waals surface area contributed by atoms with Gasteiger partial charge in [-0.3, -0.25) is 0 Å². The van der Waals surface area contributed by atoms with Gasteiger partial charge in [0.05, 0.1) is 12.7 Å². The van der Waals surface area contributed by atoms with Crippen molar-refractivity contribution in [3.63, 3.8) is 0 Å². The average Bonchev–Trinajstić information content (AvgIpc) is 2.56. The standard InChI is InChI=1S/C19H27NO2Si/c1-19(2,3)23(22-15-16(21)14-20,17-10-6-4-7-11-17)18-12-8-5-9-13-18/h4-13,16,21H,14-15,20H2,1-3H3/t16-/m0/s1. The number of benzene rings is 2. The van der Waals surface area contributed by atoms with E-state index in [0.29, 0.717) is 0 Å². The first-order valence-corrected chi connectivity index (χ1v) is 9.96. The third-order valence-corrected chi connectivity index (χ3v) is 9.19. The van der Waals surface area contributed by atoms with Crippen LogP contribution in [0.5, 0.6) is 0 Å². The van der Waals surface area contributed by atoms with Gasteiger partial charge in [-0.05, 0) is 15.4 Å². The van der Waals surface area contributed by atoms with Crippen LogP contribution in [-0.2, 0) is 4.43 Å². The van der Waals surface area contributed by atoms with Crippen LogP contribution >= 0.6 is 0 Å². The lowest BCUT2D eigenvalue weighted by Gasteiger charge is -2.43. The molecule has 0 unspecified atom stereocenters. The van der Waals surface area contributed by atoms with Gasteiger partial charge in [-0.1, -0.05) is 81.4 Å². The topological polar surface area (TPSA) is 55.5 Å². The van der Waals surface area contributed by atoms with Crippen LogP contribution in [0.3, 0.4) is 0 Å². The molecular weight excluding hydrogens is 302 g/mol. The fraction of sp³-hybridized carbons (Fsp3) is 0.368. The number of hydrogen-bond donors (Lipinski definition) is 2. The molecule has 0 aromatic heterocycles. The van der Waals surface area contributed by atoms with Crippen molar-refractivity contribution in [1.29, 1.82) is 0 Å². The van der Waals surface area contributed by atoms with Gasteiger partial charge in [-0.2, -0.15) is 0 Å². The molecule has 1 atom stereocenters. The Labute approximate surface area is 140 Å². The van der Waals surface area contributed by atoms with Crippen LogP contribution in [0.1, 0.15) is 20.8 Å². The lowest BCUT2D eigenvalue weighted by molar-refractivity contribution is 0.109. The van der Waals surface area contributed by atoms with E-state index < -0.39 is 14.4 Å². The normalized spacial score (nSPS) is 13.8. The monoisotopic (exact) mass is 329 g/mol. The van der Waals surface area contributed by atoms with Gasteiger partial charge in [-0.15, -0.1) is 0 Å². The van der Waals surface area contributed by atoms with E-state index >= 15 is 0 Å². The average molecular weight is 330 g/mol. The van der Waals surface area contributed by atoms with Crippen LogP contribution < -0.4 is 16.1 Å². The molecule has 0 bridgehead atoms. The maximum absolute atomic E-state index is 9.95. The Kier molecular flexibility index (Phi) is 5.76. The van der Waals surface area contributed by atoms with E-state index in [2.05, 4.69) is 69.3 Å². The number of aliphatic hydroxyl groups is 1. The Morgan fingerprint density at radius 2 is 1.39 bits per heavy atom. The highest BCUT2D eigenvalue weighted by molar-refractivity contribution is 6.99. The Balaban J connectivity index is 2.60. The largest absolute Gasteiger partial charge is 0.405 e. The molecule has 0 saturated heterocycles. The lowest BCUT2D eigenvalue weighted by Crippen LogP contribution is -2.67. The van der Waals surface area contributed by atoms with Crippen LogP contribution in [-0.4, -0.2) is 32.7 Å². The van der Waals surface area contributed by atoms with Crippen molar-refractivity contribution in [2.45, 2.75) is 31.9 Å². The molecule has 2 aromatic rings. The van der Waals surface area contributed by atoms with Crippen molar-refractivity contribution in [2.75, 3.05) is 13.2 Å². The summed E-state index contributed by atoms with van der Waals surface area (Å²) < 4.78 is 6.53. The third-order valence-electron chi connectivity index (χ3n) is 4.18. The number of nitrogens with two attached hydrogens (primary N) is 1. The van der Waals surface area contributed by atoms with Gasteiger partial charge >= 0.3 is 0 Å². The highest BCUT2D eigenvalue weighted by atomic mass is 28.4. The second-order valence-corrected chi connectivity index (χ2v) is 11.2. The molecule has 3 N–H and O–H groups in total. The molecule has 124 valence electrons. The molecule has 0 saturated carbocycles. The van der Waals surface area contributed by atoms with Gasteiger partial charge < -0.3 is 15.3 Å². The molecule has 0 radical (unpaired) electrons. The maximum Gasteiger partial charge on any atom is 0.261 e. The Bertz CT molecular complexity index is 556. The molecule has 23 heavy (non-hydrogen) atoms. The maximum atomic E-state index is 9.95. The van der Waals surface area contributed by atoms with E-state index in [-0.39, 0.29) is 18.2 Å². The van der Waals surface area contributed by atoms with Crippen LogP contribution in [0.15, 0.2) is 60.7 Å². The highest BCUT2D eigenvalue weighted by Crippen LogP contribution is 2.36. The molecule has 0 amide bonds. The summed E-state index contributed by atoms with van der Waals surface area (Å²) in [5, 5.41) is 12.3. The summed E-state index contributed by atoms with van der Waals surface area (Å²) >= 11 is 0. The van der Waals surface area contributed by atoms with Crippen molar-refractivity contribution in [2.24, 2.45) is 5.73 Å². The predicted octanol–water partition coefficient (Wildman–Crippen LogP) is 1.88. The van der Waals surface area contributed by atoms with Crippen LogP contribution in [0.4, 0.5) is 0 Å². The van der Waals surface area contributed by atoms with Gasteiger partial charge in [0.15, 0.2) is 0 Å². The van der Waals surface area contributed by atoms with Crippen LogP contribution in [0, 0.1) is 0 Å². The third kappa shape index (κ3) is 3.72. The summed E-state index contributed by atoms with van der Waals surface area (Å²) in [6, 6.07) is 20.8. The van der Waals surface area contributed by atoms with E-state index in [1.807, 2.05) is 12.1 Å². The molecule has 2 aromatic carbocycles. The molecule has 2 rings (SSSR count). The molecule has 0 aliphatic carbocycles. The van der Waals surface area contributed by atoms with Gasteiger partial charge in [-0.25, -0.2) is 0 Å². The fourth-order valence-electron chi connectivity index (χ4n) is 3.05. The second kappa shape index (κ2) is 7.40. The summed E-state index contributed by atoms with van der Waals surface area (Å²) in [6.45, 7) is 7.11. The zero-order chi connectivity index (χ0) is 16.9. The number of hydrogen-bond acceptors (Lipinski definition) is 3. The quantitative estimate of drug-likeness (QED) is 0.796. The first-order chi connectivity index (χ1) is 10.9. The molecule has 0 aliphatic rings. The first-order valence-electron chi connectivity index (χ1n) is 8.05. The summed E-state index contributed by atoms with van der Waals surface area (Å²) in [6.07, 6.45) is -0.642. The summed E-state index contributed by atoms with van der Waals surface area (Å²) in [7, 11) is -2.54. The summed E-state index contributed by atoms with van der Waals surface area (Å²) in [5.74, 6) is 0. The zero-order valence-electron chi connectivity index (χ0n) is 14.2. The molecule has 0 spiro atoms. The minimum atomic E-state index is -2.54. The van der Waals surface area contributed by atoms with Gasteiger partial charge in [0.2, 0.25) is 0 Å². The van der Waals surface area contributed by atoms with Crippen molar-refractivity contribution in [1.82, 2.24) is 0 Å². The SMILES string of the molecule is CC(C)(C)[Si](OC[C@@H](O)CN)(c1ccccc1)c1ccccc1. The van der Waals surface area contributed by atoms with Crippen molar-refractivity contribution >= 4 is 18.7 Å². The smallest absolute Gasteiger partial charge is 0.261 e. The predicted molar refractivity (Wildman–Crippen MR) is 98.6 cm³/mol. The molecule has 4 heteroatoms. The zero-order valence-corrected chi connectivity index (χ0v) is 15.2. The Morgan fingerprint density at radius 3 is 1.74 bits per heavy atom. The van der Waals surface area contributed by atoms with Crippen molar-refractivity contribution in [3.8, 4) is 0 Å². The molecule has 0 fully saturated rings. The number of aliphatic hydroxyl groups excluding tert-OH is 1. The number of rotatable bonds is 6. The van der Waals surface area contributed by atoms with Crippen LogP contribution in [0.2, 0.25) is 5.04 Å². The molecular formula is C19H27NO2Si. The van der Waals surface area contributed by atoms with Gasteiger partial charge in [0.1, 0.15) is 0 Å². The minimum Gasteiger partial charge on any atom is -0.405 e. The molecule has 3 nitrogen and oxygen atoms in total. The van der Waals surface area contributed by atoms with E-state index in [9.17, 15) is 5.11 Å². The van der Waals surface area contributed by atoms with Crippen molar-refractivity contribution < 1.29 is 9.53 Å². The lowest BCUT2D eigenvalue weighted by atomic mass is 10.2. The second-order valence-electron chi connectivity index (χ2n) is 6.86. The van der Waals surface area contributed by atoms with E-state index in [1.165, 1.54) is 10.4 Å². The van der Waals surface area contributed by atoms with Crippen LogP contribution in [0.25, 0.3) is 0 Å². The summed E-state index contributed by atoms with van der Waals surface area (Å²) in [4.78, 5) is 0. The van der Waals surface area contributed by atoms with Gasteiger partial charge in [0.25, 0.3) is 8.32 Å². The van der Waals surface area contributed by atoms with Crippen molar-refractivity contribution in [3.05, 3.63) is 60.7 Å². The fourth-order valence-corrected chi connectivity index (χ4v) is 7.65. The minimum absolute atomic E-state index is 0.0793. The first kappa shape index (κ1) is 17.9. The van der Waals surface area contributed by atoms with E-state index in [1.54, 1.807) is 0 Å². The van der Waals surface area contributed by atoms with Gasteiger partial charge in [0, 0.05) is 6.54 Å². The molecule has 0 heterocycles. The highest BCUT2D eigenvalue weighted by Gasteiger charge is 2.50. The van der Waals surface area contributed by atoms with E-state index in [0.717, 1.165) is 0 Å². The Morgan fingerprint density at radius 1 is 0.957 bits per heavy atom. The summed E-state index contributed by atoms with van der Waals surface area (Å²) in [5.41, 5.74) is 5.57. The van der Waals surface area contributed by atoms with E-state index in [4.69, 9.17) is 10.2 Å².